The zero-order chi connectivity index (χ0) is 19.0. The van der Waals surface area contributed by atoms with Crippen LogP contribution in [0.3, 0.4) is 0 Å². The third-order valence-electron chi connectivity index (χ3n) is 3.90. The van der Waals surface area contributed by atoms with Crippen LogP contribution in [0.25, 0.3) is 11.3 Å². The van der Waals surface area contributed by atoms with Gasteiger partial charge in [-0.3, -0.25) is 9.78 Å². The minimum atomic E-state index is -0.317. The second-order valence-corrected chi connectivity index (χ2v) is 6.18. The molecule has 4 rings (SSSR count). The molecule has 0 aliphatic carbocycles. The van der Waals surface area contributed by atoms with Crippen molar-refractivity contribution in [3.8, 4) is 5.69 Å². The fourth-order valence-corrected chi connectivity index (χ4v) is 2.67. The summed E-state index contributed by atoms with van der Waals surface area (Å²) in [6.07, 6.45) is 6.33. The number of nitrogens with zero attached hydrogens (tertiary/aromatic N) is 8. The van der Waals surface area contributed by atoms with Gasteiger partial charge in [0.2, 0.25) is 0 Å². The van der Waals surface area contributed by atoms with Gasteiger partial charge in [0, 0.05) is 32.4 Å². The fraction of sp³-hybridized carbons (Fsp3) is 0.176. The van der Waals surface area contributed by atoms with E-state index in [1.54, 1.807) is 35.2 Å². The Balaban J connectivity index is 1.66. The fourth-order valence-electron chi connectivity index (χ4n) is 2.67. The van der Waals surface area contributed by atoms with Gasteiger partial charge in [-0.15, -0.1) is 5.10 Å². The van der Waals surface area contributed by atoms with Crippen LogP contribution in [0.1, 0.15) is 16.1 Å². The summed E-state index contributed by atoms with van der Waals surface area (Å²) in [6, 6.07) is 5.31. The highest BCUT2D eigenvalue weighted by molar-refractivity contribution is 6.04. The van der Waals surface area contributed by atoms with Crippen molar-refractivity contribution in [2.45, 2.75) is 6.92 Å². The predicted octanol–water partition coefficient (Wildman–Crippen LogP) is 1.33. The van der Waals surface area contributed by atoms with Gasteiger partial charge in [-0.25, -0.2) is 9.67 Å². The molecular formula is C17H17N9O. The topological polar surface area (TPSA) is 106 Å². The maximum atomic E-state index is 12.7. The summed E-state index contributed by atoms with van der Waals surface area (Å²) >= 11 is 0. The van der Waals surface area contributed by atoms with Crippen molar-refractivity contribution < 1.29 is 4.79 Å². The van der Waals surface area contributed by atoms with E-state index in [4.69, 9.17) is 0 Å². The molecule has 4 aromatic rings. The molecule has 136 valence electrons. The Morgan fingerprint density at radius 1 is 1.19 bits per heavy atom. The Labute approximate surface area is 154 Å². The van der Waals surface area contributed by atoms with Crippen LogP contribution in [-0.2, 0) is 0 Å². The smallest absolute Gasteiger partial charge is 0.258 e. The Bertz CT molecular complexity index is 1110. The van der Waals surface area contributed by atoms with E-state index in [1.807, 2.05) is 32.0 Å². The third kappa shape index (κ3) is 3.19. The van der Waals surface area contributed by atoms with Crippen molar-refractivity contribution in [1.82, 2.24) is 34.6 Å². The lowest BCUT2D eigenvalue weighted by Crippen LogP contribution is -2.18. The lowest BCUT2D eigenvalue weighted by Gasteiger charge is -2.15. The molecular weight excluding hydrogens is 346 g/mol. The molecule has 4 heterocycles. The molecule has 0 aliphatic heterocycles. The highest BCUT2D eigenvalue weighted by atomic mass is 16.1. The van der Waals surface area contributed by atoms with E-state index in [0.717, 1.165) is 11.5 Å². The molecule has 4 aromatic heterocycles. The first-order valence-electron chi connectivity index (χ1n) is 8.19. The monoisotopic (exact) mass is 363 g/mol. The summed E-state index contributed by atoms with van der Waals surface area (Å²) in [5.41, 5.74) is 2.53. The van der Waals surface area contributed by atoms with Gasteiger partial charge < -0.3 is 10.2 Å². The van der Waals surface area contributed by atoms with E-state index in [2.05, 4.69) is 30.7 Å². The molecule has 0 fully saturated rings. The second-order valence-electron chi connectivity index (χ2n) is 6.18. The first-order chi connectivity index (χ1) is 13.0. The molecule has 0 spiro atoms. The van der Waals surface area contributed by atoms with Gasteiger partial charge >= 0.3 is 0 Å². The quantitative estimate of drug-likeness (QED) is 0.583. The van der Waals surface area contributed by atoms with Crippen molar-refractivity contribution in [2.24, 2.45) is 0 Å². The van der Waals surface area contributed by atoms with E-state index < -0.39 is 0 Å². The number of fused-ring (bicyclic) bond motifs is 1. The number of anilines is 2. The first kappa shape index (κ1) is 16.6. The van der Waals surface area contributed by atoms with Crippen LogP contribution >= 0.6 is 0 Å². The number of carbonyl (C=O) groups is 1. The second kappa shape index (κ2) is 6.48. The van der Waals surface area contributed by atoms with E-state index in [0.29, 0.717) is 22.7 Å². The highest BCUT2D eigenvalue weighted by Crippen LogP contribution is 2.20. The van der Waals surface area contributed by atoms with Crippen LogP contribution in [0.5, 0.6) is 0 Å². The number of pyridine rings is 1. The van der Waals surface area contributed by atoms with Crippen LogP contribution in [0.15, 0.2) is 43.0 Å². The molecule has 0 unspecified atom stereocenters. The minimum Gasteiger partial charge on any atom is -0.363 e. The summed E-state index contributed by atoms with van der Waals surface area (Å²) < 4.78 is 3.27. The standard InChI is InChI=1S/C17H17N9O/c1-11-6-15-20-14(8-16(24(2)3)26(15)22-11)21-17(27)12-7-13(10-18-9-12)25-5-4-19-23-25/h4-10H,1-3H3,(H,20,21,27). The maximum absolute atomic E-state index is 12.7. The average molecular weight is 363 g/mol. The summed E-state index contributed by atoms with van der Waals surface area (Å²) in [5, 5.41) is 14.9. The number of carbonyl (C=O) groups excluding carboxylic acids is 1. The summed E-state index contributed by atoms with van der Waals surface area (Å²) in [4.78, 5) is 23.2. The van der Waals surface area contributed by atoms with Crippen molar-refractivity contribution in [3.63, 3.8) is 0 Å². The van der Waals surface area contributed by atoms with Crippen LogP contribution in [-0.4, -0.2) is 54.6 Å². The molecule has 0 atom stereocenters. The van der Waals surface area contributed by atoms with Gasteiger partial charge in [0.05, 0.1) is 35.5 Å². The van der Waals surface area contributed by atoms with Gasteiger partial charge in [0.1, 0.15) is 11.6 Å². The molecule has 0 radical (unpaired) electrons. The van der Waals surface area contributed by atoms with E-state index in [9.17, 15) is 4.79 Å². The van der Waals surface area contributed by atoms with Crippen LogP contribution in [0.4, 0.5) is 11.6 Å². The molecule has 0 aromatic carbocycles. The Hall–Kier alpha value is -3.82. The van der Waals surface area contributed by atoms with Crippen molar-refractivity contribution in [2.75, 3.05) is 24.3 Å². The highest BCUT2D eigenvalue weighted by Gasteiger charge is 2.14. The van der Waals surface area contributed by atoms with Crippen molar-refractivity contribution in [3.05, 3.63) is 54.2 Å². The molecule has 1 amide bonds. The molecule has 0 bridgehead atoms. The van der Waals surface area contributed by atoms with E-state index in [1.165, 1.54) is 10.9 Å². The summed E-state index contributed by atoms with van der Waals surface area (Å²) in [7, 11) is 3.81. The molecule has 0 saturated carbocycles. The van der Waals surface area contributed by atoms with Gasteiger partial charge in [-0.2, -0.15) is 9.61 Å². The number of nitrogens with one attached hydrogen (secondary N) is 1. The number of hydrogen-bond donors (Lipinski definition) is 1. The molecule has 10 heteroatoms. The van der Waals surface area contributed by atoms with Crippen LogP contribution in [0, 0.1) is 6.92 Å². The number of amides is 1. The zero-order valence-corrected chi connectivity index (χ0v) is 15.0. The Kier molecular flexibility index (Phi) is 3.99. The number of aryl methyl sites for hydroxylation is 1. The van der Waals surface area contributed by atoms with Gasteiger partial charge in [0.25, 0.3) is 5.91 Å². The molecule has 1 N–H and O–H groups in total. The lowest BCUT2D eigenvalue weighted by atomic mass is 10.2. The number of hydrogen-bond acceptors (Lipinski definition) is 7. The first-order valence-corrected chi connectivity index (χ1v) is 8.19. The van der Waals surface area contributed by atoms with Crippen molar-refractivity contribution in [1.29, 1.82) is 0 Å². The largest absolute Gasteiger partial charge is 0.363 e. The van der Waals surface area contributed by atoms with E-state index >= 15 is 0 Å². The predicted molar refractivity (Wildman–Crippen MR) is 99.2 cm³/mol. The minimum absolute atomic E-state index is 0.317. The number of rotatable bonds is 4. The normalized spacial score (nSPS) is 10.9. The maximum Gasteiger partial charge on any atom is 0.258 e. The molecule has 0 saturated heterocycles. The third-order valence-corrected chi connectivity index (χ3v) is 3.90. The zero-order valence-electron chi connectivity index (χ0n) is 15.0. The number of aromatic nitrogens is 7. The Morgan fingerprint density at radius 3 is 2.78 bits per heavy atom. The lowest BCUT2D eigenvalue weighted by molar-refractivity contribution is 0.102. The van der Waals surface area contributed by atoms with Crippen LogP contribution < -0.4 is 10.2 Å². The Morgan fingerprint density at radius 2 is 2.04 bits per heavy atom. The van der Waals surface area contributed by atoms with Gasteiger partial charge in [-0.1, -0.05) is 5.21 Å². The molecule has 27 heavy (non-hydrogen) atoms. The average Bonchev–Trinajstić information content (AvgIpc) is 3.29. The van der Waals surface area contributed by atoms with Crippen LogP contribution in [0.2, 0.25) is 0 Å². The van der Waals surface area contributed by atoms with E-state index in [-0.39, 0.29) is 5.91 Å². The van der Waals surface area contributed by atoms with Gasteiger partial charge in [-0.05, 0) is 13.0 Å². The summed E-state index contributed by atoms with van der Waals surface area (Å²) in [5.74, 6) is 0.919. The molecule has 0 aliphatic rings. The van der Waals surface area contributed by atoms with Gasteiger partial charge in [0.15, 0.2) is 5.65 Å². The SMILES string of the molecule is Cc1cc2nc(NC(=O)c3cncc(-n4ccnn4)c3)cc(N(C)C)n2n1. The molecule has 10 nitrogen and oxygen atoms in total. The summed E-state index contributed by atoms with van der Waals surface area (Å²) in [6.45, 7) is 1.90. The van der Waals surface area contributed by atoms with Crippen molar-refractivity contribution >= 4 is 23.2 Å².